The number of halogens is 1. The van der Waals surface area contributed by atoms with Crippen LogP contribution in [0.2, 0.25) is 5.02 Å². The number of nitriles is 2. The number of hydrogen-bond acceptors (Lipinski definition) is 4. The molecule has 1 unspecified atom stereocenters. The third-order valence-electron chi connectivity index (χ3n) is 2.15. The third kappa shape index (κ3) is 3.44. The van der Waals surface area contributed by atoms with E-state index < -0.39 is 15.9 Å². The SMILES string of the molecule is CC(C#N)CNS(=O)(=O)c1cc(C#N)ccc1Cl. The van der Waals surface area contributed by atoms with Gasteiger partial charge in [-0.2, -0.15) is 10.5 Å². The number of nitrogens with one attached hydrogen (secondary N) is 1. The summed E-state index contributed by atoms with van der Waals surface area (Å²) in [7, 11) is -3.81. The molecule has 1 aromatic carbocycles. The molecule has 0 bridgehead atoms. The second kappa shape index (κ2) is 5.83. The molecule has 1 aromatic rings. The van der Waals surface area contributed by atoms with Crippen LogP contribution in [0, 0.1) is 28.6 Å². The maximum Gasteiger partial charge on any atom is 0.242 e. The predicted molar refractivity (Wildman–Crippen MR) is 66.1 cm³/mol. The van der Waals surface area contributed by atoms with Crippen LogP contribution in [-0.4, -0.2) is 15.0 Å². The first-order chi connectivity index (χ1) is 8.40. The molecule has 7 heteroatoms. The van der Waals surface area contributed by atoms with Gasteiger partial charge in [0.2, 0.25) is 10.0 Å². The van der Waals surface area contributed by atoms with Crippen molar-refractivity contribution in [2.24, 2.45) is 5.92 Å². The first-order valence-electron chi connectivity index (χ1n) is 4.99. The number of sulfonamides is 1. The van der Waals surface area contributed by atoms with Gasteiger partial charge in [0.05, 0.1) is 28.6 Å². The lowest BCUT2D eigenvalue weighted by Crippen LogP contribution is -2.28. The fraction of sp³-hybridized carbons (Fsp3) is 0.273. The maximum atomic E-state index is 11.9. The lowest BCUT2D eigenvalue weighted by atomic mass is 10.2. The topological polar surface area (TPSA) is 93.8 Å². The van der Waals surface area contributed by atoms with E-state index >= 15 is 0 Å². The lowest BCUT2D eigenvalue weighted by molar-refractivity contribution is 0.573. The van der Waals surface area contributed by atoms with Crippen LogP contribution in [-0.2, 0) is 10.0 Å². The molecule has 0 aromatic heterocycles. The Bertz CT molecular complexity index is 629. The standard InChI is InChI=1S/C11H10ClN3O2S/c1-8(5-13)7-15-18(16,17)11-4-9(6-14)2-3-10(11)12/h2-4,8,15H,7H2,1H3. The number of nitrogens with zero attached hydrogens (tertiary/aromatic N) is 2. The van der Waals surface area contributed by atoms with Gasteiger partial charge in [0.15, 0.2) is 0 Å². The smallest absolute Gasteiger partial charge is 0.210 e. The van der Waals surface area contributed by atoms with Crippen LogP contribution in [0.5, 0.6) is 0 Å². The van der Waals surface area contributed by atoms with Crippen molar-refractivity contribution in [2.75, 3.05) is 6.54 Å². The number of benzene rings is 1. The molecule has 0 amide bonds. The normalized spacial score (nSPS) is 12.4. The Kier molecular flexibility index (Phi) is 4.69. The van der Waals surface area contributed by atoms with Crippen molar-refractivity contribution >= 4 is 21.6 Å². The fourth-order valence-electron chi connectivity index (χ4n) is 1.14. The Morgan fingerprint density at radius 3 is 2.67 bits per heavy atom. The molecule has 18 heavy (non-hydrogen) atoms. The molecule has 0 heterocycles. The molecule has 0 radical (unpaired) electrons. The Balaban J connectivity index is 3.06. The third-order valence-corrected chi connectivity index (χ3v) is 4.05. The molecule has 5 nitrogen and oxygen atoms in total. The summed E-state index contributed by atoms with van der Waals surface area (Å²) in [6, 6.07) is 7.73. The first kappa shape index (κ1) is 14.5. The van der Waals surface area contributed by atoms with Gasteiger partial charge >= 0.3 is 0 Å². The van der Waals surface area contributed by atoms with Gasteiger partial charge in [-0.3, -0.25) is 0 Å². The van der Waals surface area contributed by atoms with Gasteiger partial charge in [-0.25, -0.2) is 13.1 Å². The van der Waals surface area contributed by atoms with Crippen LogP contribution in [0.25, 0.3) is 0 Å². The highest BCUT2D eigenvalue weighted by Gasteiger charge is 2.19. The largest absolute Gasteiger partial charge is 0.242 e. The van der Waals surface area contributed by atoms with E-state index in [9.17, 15) is 8.42 Å². The summed E-state index contributed by atoms with van der Waals surface area (Å²) in [4.78, 5) is -0.159. The van der Waals surface area contributed by atoms with E-state index in [1.807, 2.05) is 12.1 Å². The second-order valence-electron chi connectivity index (χ2n) is 3.64. The van der Waals surface area contributed by atoms with Gasteiger partial charge in [0.1, 0.15) is 4.90 Å². The van der Waals surface area contributed by atoms with Crippen molar-refractivity contribution in [3.05, 3.63) is 28.8 Å². The van der Waals surface area contributed by atoms with Gasteiger partial charge < -0.3 is 0 Å². The zero-order valence-electron chi connectivity index (χ0n) is 9.51. The van der Waals surface area contributed by atoms with Crippen LogP contribution in [0.1, 0.15) is 12.5 Å². The maximum absolute atomic E-state index is 11.9. The number of rotatable bonds is 4. The summed E-state index contributed by atoms with van der Waals surface area (Å²) in [5, 5.41) is 17.3. The van der Waals surface area contributed by atoms with Crippen molar-refractivity contribution in [1.29, 1.82) is 10.5 Å². The molecule has 0 spiro atoms. The number of hydrogen-bond donors (Lipinski definition) is 1. The molecule has 0 aliphatic rings. The van der Waals surface area contributed by atoms with Crippen LogP contribution in [0.4, 0.5) is 0 Å². The van der Waals surface area contributed by atoms with Crippen molar-refractivity contribution < 1.29 is 8.42 Å². The van der Waals surface area contributed by atoms with Gasteiger partial charge in [-0.1, -0.05) is 11.6 Å². The molecule has 0 aliphatic carbocycles. The van der Waals surface area contributed by atoms with E-state index in [0.717, 1.165) is 0 Å². The summed E-state index contributed by atoms with van der Waals surface area (Å²) in [6.45, 7) is 1.59. The predicted octanol–water partition coefficient (Wildman–Crippen LogP) is 1.65. The first-order valence-corrected chi connectivity index (χ1v) is 6.85. The molecule has 94 valence electrons. The van der Waals surface area contributed by atoms with Crippen molar-refractivity contribution in [1.82, 2.24) is 4.72 Å². The van der Waals surface area contributed by atoms with E-state index in [1.165, 1.54) is 18.2 Å². The zero-order valence-corrected chi connectivity index (χ0v) is 11.1. The molecule has 1 atom stereocenters. The molecule has 0 saturated carbocycles. The van der Waals surface area contributed by atoms with Crippen molar-refractivity contribution in [3.63, 3.8) is 0 Å². The van der Waals surface area contributed by atoms with Gasteiger partial charge in [-0.05, 0) is 25.1 Å². The van der Waals surface area contributed by atoms with E-state index in [2.05, 4.69) is 4.72 Å². The molecular weight excluding hydrogens is 274 g/mol. The summed E-state index contributed by atoms with van der Waals surface area (Å²) in [5.41, 5.74) is 0.202. The highest BCUT2D eigenvalue weighted by molar-refractivity contribution is 7.89. The van der Waals surface area contributed by atoms with Crippen LogP contribution in [0.3, 0.4) is 0 Å². The molecule has 0 fully saturated rings. The Morgan fingerprint density at radius 1 is 1.44 bits per heavy atom. The molecule has 0 saturated heterocycles. The quantitative estimate of drug-likeness (QED) is 0.909. The lowest BCUT2D eigenvalue weighted by Gasteiger charge is -2.09. The summed E-state index contributed by atoms with van der Waals surface area (Å²) >= 11 is 5.79. The highest BCUT2D eigenvalue weighted by atomic mass is 35.5. The van der Waals surface area contributed by atoms with E-state index in [1.54, 1.807) is 6.92 Å². The van der Waals surface area contributed by atoms with E-state index in [-0.39, 0.29) is 22.0 Å². The van der Waals surface area contributed by atoms with Crippen molar-refractivity contribution in [2.45, 2.75) is 11.8 Å². The van der Waals surface area contributed by atoms with Crippen LogP contribution < -0.4 is 4.72 Å². The minimum Gasteiger partial charge on any atom is -0.210 e. The zero-order chi connectivity index (χ0) is 13.8. The highest BCUT2D eigenvalue weighted by Crippen LogP contribution is 2.22. The average molecular weight is 284 g/mol. The van der Waals surface area contributed by atoms with Crippen molar-refractivity contribution in [3.8, 4) is 12.1 Å². The Morgan fingerprint density at radius 2 is 2.11 bits per heavy atom. The molecule has 1 rings (SSSR count). The van der Waals surface area contributed by atoms with Crippen LogP contribution in [0.15, 0.2) is 23.1 Å². The Hall–Kier alpha value is -1.60. The summed E-state index contributed by atoms with van der Waals surface area (Å²) < 4.78 is 26.1. The summed E-state index contributed by atoms with van der Waals surface area (Å²) in [6.07, 6.45) is 0. The van der Waals surface area contributed by atoms with Crippen LogP contribution >= 0.6 is 11.6 Å². The minimum absolute atomic E-state index is 0.00799. The van der Waals surface area contributed by atoms with Gasteiger partial charge in [0.25, 0.3) is 0 Å². The Labute approximate surface area is 111 Å². The minimum atomic E-state index is -3.81. The second-order valence-corrected chi connectivity index (χ2v) is 5.78. The average Bonchev–Trinajstić information content (AvgIpc) is 2.36. The van der Waals surface area contributed by atoms with E-state index in [4.69, 9.17) is 22.1 Å². The molecule has 1 N–H and O–H groups in total. The monoisotopic (exact) mass is 283 g/mol. The fourth-order valence-corrected chi connectivity index (χ4v) is 2.79. The van der Waals surface area contributed by atoms with Gasteiger partial charge in [-0.15, -0.1) is 0 Å². The molecular formula is C11H10ClN3O2S. The molecule has 0 aliphatic heterocycles. The van der Waals surface area contributed by atoms with Gasteiger partial charge in [0, 0.05) is 6.54 Å². The van der Waals surface area contributed by atoms with E-state index in [0.29, 0.717) is 0 Å². The summed E-state index contributed by atoms with van der Waals surface area (Å²) in [5.74, 6) is -0.447.